The van der Waals surface area contributed by atoms with E-state index in [0.717, 1.165) is 10.9 Å². The Labute approximate surface area is 162 Å². The summed E-state index contributed by atoms with van der Waals surface area (Å²) in [6.07, 6.45) is 2.27. The van der Waals surface area contributed by atoms with E-state index in [4.69, 9.17) is 8.83 Å². The lowest BCUT2D eigenvalue weighted by molar-refractivity contribution is 0.544. The highest BCUT2D eigenvalue weighted by molar-refractivity contribution is 5.78. The van der Waals surface area contributed by atoms with Crippen molar-refractivity contribution in [3.05, 3.63) is 92.1 Å². The molecule has 0 aliphatic rings. The molecule has 142 valence electrons. The number of fused-ring (bicyclic) bond motifs is 2. The summed E-state index contributed by atoms with van der Waals surface area (Å²) < 4.78 is 11.1. The van der Waals surface area contributed by atoms with Crippen LogP contribution in [-0.4, -0.2) is 0 Å². The molecule has 4 rings (SSSR count). The Morgan fingerprint density at radius 3 is 2.46 bits per heavy atom. The van der Waals surface area contributed by atoms with Crippen LogP contribution in [0.2, 0.25) is 0 Å². The molecule has 0 aliphatic heterocycles. The standard InChI is InChI=1S/C24H22O4/c1-14(2)19-12-17-11-16(8-9-21(17)28-24(19)26)10-15(3)20-13-27-22-7-5-4-6-18(22)23(20)25/h4-9,11-15H,10H2,1-3H3. The van der Waals surface area contributed by atoms with Gasteiger partial charge in [0.25, 0.3) is 0 Å². The predicted octanol–water partition coefficient (Wildman–Crippen LogP) is 5.37. The smallest absolute Gasteiger partial charge is 0.339 e. The van der Waals surface area contributed by atoms with Gasteiger partial charge < -0.3 is 8.83 Å². The average molecular weight is 374 g/mol. The molecule has 0 fully saturated rings. The maximum atomic E-state index is 12.8. The predicted molar refractivity (Wildman–Crippen MR) is 111 cm³/mol. The molecular weight excluding hydrogens is 352 g/mol. The van der Waals surface area contributed by atoms with Crippen LogP contribution in [0.4, 0.5) is 0 Å². The van der Waals surface area contributed by atoms with Gasteiger partial charge in [0.15, 0.2) is 5.43 Å². The van der Waals surface area contributed by atoms with Crippen LogP contribution in [0.3, 0.4) is 0 Å². The zero-order valence-corrected chi connectivity index (χ0v) is 16.2. The molecule has 2 heterocycles. The van der Waals surface area contributed by atoms with Gasteiger partial charge in [-0.3, -0.25) is 4.79 Å². The highest BCUT2D eigenvalue weighted by atomic mass is 16.4. The van der Waals surface area contributed by atoms with Crippen molar-refractivity contribution in [2.75, 3.05) is 0 Å². The Morgan fingerprint density at radius 2 is 1.68 bits per heavy atom. The molecule has 0 spiro atoms. The van der Waals surface area contributed by atoms with Gasteiger partial charge >= 0.3 is 5.63 Å². The molecule has 4 heteroatoms. The van der Waals surface area contributed by atoms with Crippen molar-refractivity contribution in [3.8, 4) is 0 Å². The second kappa shape index (κ2) is 7.12. The van der Waals surface area contributed by atoms with E-state index >= 15 is 0 Å². The van der Waals surface area contributed by atoms with Crippen LogP contribution in [0.25, 0.3) is 21.9 Å². The Hall–Kier alpha value is -3.14. The van der Waals surface area contributed by atoms with Crippen LogP contribution >= 0.6 is 0 Å². The van der Waals surface area contributed by atoms with Crippen LogP contribution in [-0.2, 0) is 6.42 Å². The van der Waals surface area contributed by atoms with Crippen molar-refractivity contribution in [3.63, 3.8) is 0 Å². The van der Waals surface area contributed by atoms with Crippen LogP contribution in [0.15, 0.2) is 73.2 Å². The summed E-state index contributed by atoms with van der Waals surface area (Å²) in [5, 5.41) is 1.51. The van der Waals surface area contributed by atoms with Gasteiger partial charge in [0.05, 0.1) is 11.6 Å². The van der Waals surface area contributed by atoms with E-state index in [1.54, 1.807) is 18.4 Å². The van der Waals surface area contributed by atoms with E-state index in [0.29, 0.717) is 34.1 Å². The third-order valence-corrected chi connectivity index (χ3v) is 5.23. The second-order valence-electron chi connectivity index (χ2n) is 7.64. The van der Waals surface area contributed by atoms with Crippen LogP contribution in [0.1, 0.15) is 49.3 Å². The molecule has 28 heavy (non-hydrogen) atoms. The SMILES string of the molecule is CC(C)c1cc2cc(CC(C)c3coc4ccccc4c3=O)ccc2oc1=O. The van der Waals surface area contributed by atoms with E-state index in [-0.39, 0.29) is 22.9 Å². The lowest BCUT2D eigenvalue weighted by Crippen LogP contribution is -2.13. The molecular formula is C24H22O4. The third-order valence-electron chi connectivity index (χ3n) is 5.23. The van der Waals surface area contributed by atoms with Gasteiger partial charge in [-0.15, -0.1) is 0 Å². The van der Waals surface area contributed by atoms with Crippen molar-refractivity contribution >= 4 is 21.9 Å². The van der Waals surface area contributed by atoms with Crippen molar-refractivity contribution in [2.45, 2.75) is 39.0 Å². The fraction of sp³-hybridized carbons (Fsp3) is 0.250. The molecule has 0 radical (unpaired) electrons. The van der Waals surface area contributed by atoms with Gasteiger partial charge in [-0.25, -0.2) is 4.79 Å². The minimum atomic E-state index is -0.280. The first-order valence-electron chi connectivity index (χ1n) is 9.51. The molecule has 0 aliphatic carbocycles. The minimum Gasteiger partial charge on any atom is -0.464 e. The van der Waals surface area contributed by atoms with Gasteiger partial charge in [-0.05, 0) is 54.2 Å². The number of para-hydroxylation sites is 1. The van der Waals surface area contributed by atoms with E-state index < -0.39 is 0 Å². The highest BCUT2D eigenvalue weighted by Crippen LogP contribution is 2.24. The Balaban J connectivity index is 1.69. The molecule has 0 amide bonds. The first kappa shape index (κ1) is 18.2. The van der Waals surface area contributed by atoms with E-state index in [1.807, 2.05) is 57.2 Å². The Bertz CT molecular complexity index is 1280. The van der Waals surface area contributed by atoms with Crippen molar-refractivity contribution in [1.29, 1.82) is 0 Å². The number of hydrogen-bond acceptors (Lipinski definition) is 4. The Morgan fingerprint density at radius 1 is 0.893 bits per heavy atom. The molecule has 4 aromatic rings. The first-order valence-corrected chi connectivity index (χ1v) is 9.51. The fourth-order valence-corrected chi connectivity index (χ4v) is 3.61. The molecule has 0 saturated carbocycles. The lowest BCUT2D eigenvalue weighted by Gasteiger charge is -2.12. The van der Waals surface area contributed by atoms with Gasteiger partial charge in [0.2, 0.25) is 0 Å². The van der Waals surface area contributed by atoms with Gasteiger partial charge in [0, 0.05) is 16.5 Å². The topological polar surface area (TPSA) is 60.4 Å². The molecule has 2 aromatic heterocycles. The van der Waals surface area contributed by atoms with Gasteiger partial charge in [-0.1, -0.05) is 39.0 Å². The van der Waals surface area contributed by atoms with E-state index in [1.165, 1.54) is 0 Å². The van der Waals surface area contributed by atoms with Crippen LogP contribution in [0.5, 0.6) is 0 Å². The van der Waals surface area contributed by atoms with Gasteiger partial charge in [0.1, 0.15) is 11.2 Å². The summed E-state index contributed by atoms with van der Waals surface area (Å²) >= 11 is 0. The summed E-state index contributed by atoms with van der Waals surface area (Å²) in [5.41, 5.74) is 3.34. The van der Waals surface area contributed by atoms with Gasteiger partial charge in [-0.2, -0.15) is 0 Å². The zero-order chi connectivity index (χ0) is 19.8. The molecule has 0 N–H and O–H groups in total. The molecule has 1 unspecified atom stereocenters. The lowest BCUT2D eigenvalue weighted by atomic mass is 9.93. The molecule has 4 nitrogen and oxygen atoms in total. The molecule has 0 saturated heterocycles. The Kier molecular flexibility index (Phi) is 4.63. The van der Waals surface area contributed by atoms with E-state index in [2.05, 4.69) is 0 Å². The van der Waals surface area contributed by atoms with Crippen LogP contribution in [0, 0.1) is 0 Å². The maximum absolute atomic E-state index is 12.8. The number of hydrogen-bond donors (Lipinski definition) is 0. The maximum Gasteiger partial charge on any atom is 0.339 e. The third kappa shape index (κ3) is 3.26. The summed E-state index contributed by atoms with van der Waals surface area (Å²) in [7, 11) is 0. The number of benzene rings is 2. The van der Waals surface area contributed by atoms with Crippen molar-refractivity contribution in [2.24, 2.45) is 0 Å². The molecule has 0 bridgehead atoms. The summed E-state index contributed by atoms with van der Waals surface area (Å²) in [5.74, 6) is 0.101. The first-order chi connectivity index (χ1) is 13.4. The molecule has 2 aromatic carbocycles. The summed E-state index contributed by atoms with van der Waals surface area (Å²) in [6, 6.07) is 15.0. The van der Waals surface area contributed by atoms with E-state index in [9.17, 15) is 9.59 Å². The second-order valence-corrected chi connectivity index (χ2v) is 7.64. The zero-order valence-electron chi connectivity index (χ0n) is 16.2. The molecule has 1 atom stereocenters. The number of rotatable bonds is 4. The van der Waals surface area contributed by atoms with Crippen LogP contribution < -0.4 is 11.1 Å². The minimum absolute atomic E-state index is 0.00130. The normalized spacial score (nSPS) is 12.7. The quantitative estimate of drug-likeness (QED) is 0.451. The average Bonchev–Trinajstić information content (AvgIpc) is 2.68. The monoisotopic (exact) mass is 374 g/mol. The van der Waals surface area contributed by atoms with Crippen molar-refractivity contribution < 1.29 is 8.83 Å². The fourth-order valence-electron chi connectivity index (χ4n) is 3.61. The highest BCUT2D eigenvalue weighted by Gasteiger charge is 2.15. The largest absolute Gasteiger partial charge is 0.464 e. The van der Waals surface area contributed by atoms with Crippen molar-refractivity contribution in [1.82, 2.24) is 0 Å². The summed E-state index contributed by atoms with van der Waals surface area (Å²) in [6.45, 7) is 5.97. The summed E-state index contributed by atoms with van der Waals surface area (Å²) in [4.78, 5) is 24.9.